The molecule has 16 heavy (non-hydrogen) atoms. The summed E-state index contributed by atoms with van der Waals surface area (Å²) in [5.74, 6) is 0. The van der Waals surface area contributed by atoms with Gasteiger partial charge in [0.15, 0.2) is 0 Å². The summed E-state index contributed by atoms with van der Waals surface area (Å²) in [5, 5.41) is 3.97. The van der Waals surface area contributed by atoms with E-state index in [0.29, 0.717) is 11.3 Å². The van der Waals surface area contributed by atoms with Crippen LogP contribution in [0.5, 0.6) is 0 Å². The fourth-order valence-corrected chi connectivity index (χ4v) is 1.46. The topological polar surface area (TPSA) is 17.8 Å². The van der Waals surface area contributed by atoms with E-state index in [1.54, 1.807) is 12.3 Å². The maximum Gasteiger partial charge on any atom is 0.416 e. The molecule has 0 saturated carbocycles. The molecule has 0 spiro atoms. The number of halogens is 3. The van der Waals surface area contributed by atoms with Crippen molar-refractivity contribution in [1.82, 2.24) is 9.19 Å². The summed E-state index contributed by atoms with van der Waals surface area (Å²) >= 11 is 3.95. The zero-order valence-electron chi connectivity index (χ0n) is 7.94. The Morgan fingerprint density at radius 3 is 2.12 bits per heavy atom. The first-order valence-electron chi connectivity index (χ1n) is 4.39. The van der Waals surface area contributed by atoms with Crippen LogP contribution in [-0.4, -0.2) is 9.19 Å². The van der Waals surface area contributed by atoms with Gasteiger partial charge in [0.2, 0.25) is 0 Å². The van der Waals surface area contributed by atoms with Gasteiger partial charge in [-0.05, 0) is 31.0 Å². The van der Waals surface area contributed by atoms with Crippen molar-refractivity contribution in [2.45, 2.75) is 6.18 Å². The van der Waals surface area contributed by atoms with E-state index in [9.17, 15) is 13.2 Å². The predicted molar refractivity (Wildman–Crippen MR) is 57.0 cm³/mol. The molecule has 2 rings (SSSR count). The zero-order chi connectivity index (χ0) is 11.8. The molecule has 0 N–H and O–H groups in total. The highest BCUT2D eigenvalue weighted by molar-refractivity contribution is 7.78. The van der Waals surface area contributed by atoms with Crippen molar-refractivity contribution >= 4 is 12.8 Å². The van der Waals surface area contributed by atoms with Crippen LogP contribution in [0.3, 0.4) is 0 Å². The normalized spacial score (nSPS) is 11.8. The average molecular weight is 244 g/mol. The van der Waals surface area contributed by atoms with Crippen LogP contribution in [0, 0.1) is 0 Å². The van der Waals surface area contributed by atoms with Gasteiger partial charge in [-0.1, -0.05) is 12.1 Å². The lowest BCUT2D eigenvalue weighted by molar-refractivity contribution is -0.137. The van der Waals surface area contributed by atoms with Gasteiger partial charge in [-0.2, -0.15) is 18.3 Å². The molecule has 0 saturated heterocycles. The van der Waals surface area contributed by atoms with Crippen molar-refractivity contribution in [3.05, 3.63) is 42.1 Å². The van der Waals surface area contributed by atoms with Crippen LogP contribution in [0.25, 0.3) is 11.3 Å². The molecule has 2 nitrogen and oxygen atoms in total. The monoisotopic (exact) mass is 244 g/mol. The van der Waals surface area contributed by atoms with Gasteiger partial charge >= 0.3 is 6.18 Å². The molecule has 1 aromatic carbocycles. The van der Waals surface area contributed by atoms with E-state index in [2.05, 4.69) is 17.9 Å². The lowest BCUT2D eigenvalue weighted by Crippen LogP contribution is -2.04. The minimum absolute atomic E-state index is 0.587. The third-order valence-corrected chi connectivity index (χ3v) is 2.31. The Hall–Kier alpha value is -1.43. The predicted octanol–water partition coefficient (Wildman–Crippen LogP) is 3.26. The van der Waals surface area contributed by atoms with Crippen LogP contribution in [0.15, 0.2) is 36.5 Å². The number of nitrogens with zero attached hydrogens (tertiary/aromatic N) is 2. The molecule has 2 aromatic rings. The first-order chi connectivity index (χ1) is 7.47. The Kier molecular flexibility index (Phi) is 2.67. The Labute approximate surface area is 95.2 Å². The zero-order valence-corrected chi connectivity index (χ0v) is 8.83. The van der Waals surface area contributed by atoms with E-state index in [0.717, 1.165) is 12.1 Å². The summed E-state index contributed by atoms with van der Waals surface area (Å²) in [7, 11) is 0. The standard InChI is InChI=1S/C10H7F3N2S/c11-10(12,13)8-3-1-7(2-4-8)9-5-6-15(16)14-9/h1-6,16H. The molecule has 0 radical (unpaired) electrons. The number of hydrogen-bond acceptors (Lipinski definition) is 2. The lowest BCUT2D eigenvalue weighted by atomic mass is 10.1. The summed E-state index contributed by atoms with van der Waals surface area (Å²) in [6, 6.07) is 6.52. The molecule has 0 amide bonds. The van der Waals surface area contributed by atoms with Crippen molar-refractivity contribution in [3.63, 3.8) is 0 Å². The van der Waals surface area contributed by atoms with E-state index < -0.39 is 11.7 Å². The molecular weight excluding hydrogens is 237 g/mol. The molecule has 0 fully saturated rings. The highest BCUT2D eigenvalue weighted by Gasteiger charge is 2.29. The summed E-state index contributed by atoms with van der Waals surface area (Å²) in [5.41, 5.74) is 0.547. The number of benzene rings is 1. The minimum atomic E-state index is -4.30. The smallest absolute Gasteiger partial charge is 0.217 e. The van der Waals surface area contributed by atoms with Crippen molar-refractivity contribution in [1.29, 1.82) is 0 Å². The number of hydrogen-bond donors (Lipinski definition) is 1. The van der Waals surface area contributed by atoms with Crippen LogP contribution in [0.4, 0.5) is 13.2 Å². The van der Waals surface area contributed by atoms with Crippen LogP contribution in [0.2, 0.25) is 0 Å². The van der Waals surface area contributed by atoms with Gasteiger partial charge in [0.05, 0.1) is 11.3 Å². The van der Waals surface area contributed by atoms with E-state index in [-0.39, 0.29) is 0 Å². The third-order valence-electron chi connectivity index (χ3n) is 2.08. The van der Waals surface area contributed by atoms with Gasteiger partial charge in [0.1, 0.15) is 0 Å². The number of rotatable bonds is 1. The molecule has 6 heteroatoms. The second-order valence-corrected chi connectivity index (χ2v) is 3.61. The van der Waals surface area contributed by atoms with Crippen LogP contribution >= 0.6 is 12.8 Å². The summed E-state index contributed by atoms with van der Waals surface area (Å²) < 4.78 is 38.2. The number of aromatic nitrogens is 2. The first kappa shape index (κ1) is 11.1. The Bertz CT molecular complexity index is 488. The lowest BCUT2D eigenvalue weighted by Gasteiger charge is -2.06. The summed E-state index contributed by atoms with van der Waals surface area (Å²) in [6.45, 7) is 0. The molecule has 0 aliphatic rings. The fourth-order valence-electron chi connectivity index (χ4n) is 1.30. The Morgan fingerprint density at radius 2 is 1.69 bits per heavy atom. The minimum Gasteiger partial charge on any atom is -0.217 e. The molecule has 0 unspecified atom stereocenters. The molecular formula is C10H7F3N2S. The maximum absolute atomic E-state index is 12.3. The molecule has 0 atom stereocenters. The summed E-state index contributed by atoms with van der Waals surface area (Å²) in [4.78, 5) is 0. The summed E-state index contributed by atoms with van der Waals surface area (Å²) in [6.07, 6.45) is -2.70. The van der Waals surface area contributed by atoms with Crippen molar-refractivity contribution in [2.75, 3.05) is 0 Å². The fraction of sp³-hybridized carbons (Fsp3) is 0.100. The van der Waals surface area contributed by atoms with Gasteiger partial charge in [0, 0.05) is 11.8 Å². The van der Waals surface area contributed by atoms with Gasteiger partial charge in [-0.25, -0.2) is 4.09 Å². The van der Waals surface area contributed by atoms with Gasteiger partial charge < -0.3 is 0 Å². The second-order valence-electron chi connectivity index (χ2n) is 3.20. The highest BCUT2D eigenvalue weighted by Crippen LogP contribution is 2.30. The van der Waals surface area contributed by atoms with Crippen molar-refractivity contribution < 1.29 is 13.2 Å². The number of thiol groups is 1. The van der Waals surface area contributed by atoms with E-state index >= 15 is 0 Å². The molecule has 0 aliphatic carbocycles. The van der Waals surface area contributed by atoms with Crippen LogP contribution < -0.4 is 0 Å². The van der Waals surface area contributed by atoms with E-state index in [4.69, 9.17) is 0 Å². The number of alkyl halides is 3. The maximum atomic E-state index is 12.3. The molecule has 0 aliphatic heterocycles. The Morgan fingerprint density at radius 1 is 1.06 bits per heavy atom. The van der Waals surface area contributed by atoms with E-state index in [1.807, 2.05) is 0 Å². The van der Waals surface area contributed by atoms with Crippen molar-refractivity contribution in [2.24, 2.45) is 0 Å². The highest BCUT2D eigenvalue weighted by atomic mass is 32.1. The molecule has 1 heterocycles. The molecule has 1 aromatic heterocycles. The largest absolute Gasteiger partial charge is 0.416 e. The quantitative estimate of drug-likeness (QED) is 0.762. The first-order valence-corrected chi connectivity index (χ1v) is 4.79. The van der Waals surface area contributed by atoms with Gasteiger partial charge in [0.25, 0.3) is 0 Å². The van der Waals surface area contributed by atoms with Crippen LogP contribution in [0.1, 0.15) is 5.56 Å². The SMILES string of the molecule is FC(F)(F)c1ccc(-c2ccn(S)n2)cc1. The van der Waals surface area contributed by atoms with Gasteiger partial charge in [-0.15, -0.1) is 0 Å². The third kappa shape index (κ3) is 2.21. The average Bonchev–Trinajstić information content (AvgIpc) is 2.64. The van der Waals surface area contributed by atoms with E-state index in [1.165, 1.54) is 16.2 Å². The second kappa shape index (κ2) is 3.86. The van der Waals surface area contributed by atoms with Gasteiger partial charge in [-0.3, -0.25) is 0 Å². The molecule has 84 valence electrons. The Balaban J connectivity index is 2.33. The molecule has 0 bridgehead atoms. The van der Waals surface area contributed by atoms with Crippen LogP contribution in [-0.2, 0) is 6.18 Å². The van der Waals surface area contributed by atoms with Crippen molar-refractivity contribution in [3.8, 4) is 11.3 Å².